The Labute approximate surface area is 123 Å². The largest absolute Gasteiger partial charge is 0.481 e. The molecule has 7 heteroatoms. The minimum absolute atomic E-state index is 0.114. The van der Waals surface area contributed by atoms with Gasteiger partial charge in [-0.1, -0.05) is 13.0 Å². The lowest BCUT2D eigenvalue weighted by Gasteiger charge is -2.40. The number of nitriles is 1. The smallest absolute Gasteiger partial charge is 0.306 e. The molecule has 0 bridgehead atoms. The Balaban J connectivity index is 2.22. The summed E-state index contributed by atoms with van der Waals surface area (Å²) in [7, 11) is -3.67. The molecule has 21 heavy (non-hydrogen) atoms. The van der Waals surface area contributed by atoms with Gasteiger partial charge in [-0.3, -0.25) is 4.79 Å². The van der Waals surface area contributed by atoms with Gasteiger partial charge in [0.25, 0.3) is 0 Å². The summed E-state index contributed by atoms with van der Waals surface area (Å²) >= 11 is 0. The van der Waals surface area contributed by atoms with Gasteiger partial charge in [-0.2, -0.15) is 9.57 Å². The van der Waals surface area contributed by atoms with Crippen LogP contribution in [0.3, 0.4) is 0 Å². The van der Waals surface area contributed by atoms with Gasteiger partial charge in [-0.05, 0) is 30.5 Å². The van der Waals surface area contributed by atoms with E-state index in [0.717, 1.165) is 0 Å². The molecular weight excluding hydrogens is 292 g/mol. The molecule has 0 aromatic heterocycles. The molecule has 0 amide bonds. The fraction of sp³-hybridized carbons (Fsp3) is 0.429. The molecule has 1 heterocycles. The van der Waals surface area contributed by atoms with Crippen molar-refractivity contribution in [2.45, 2.75) is 18.7 Å². The predicted molar refractivity (Wildman–Crippen MR) is 74.9 cm³/mol. The van der Waals surface area contributed by atoms with Gasteiger partial charge >= 0.3 is 5.97 Å². The summed E-state index contributed by atoms with van der Waals surface area (Å²) in [5, 5.41) is 17.8. The molecule has 112 valence electrons. The number of carbonyl (C=O) groups is 1. The normalized spacial score (nSPS) is 17.8. The Bertz CT molecular complexity index is 715. The average molecular weight is 308 g/mol. The van der Waals surface area contributed by atoms with Crippen LogP contribution in [0.5, 0.6) is 0 Å². The highest BCUT2D eigenvalue weighted by molar-refractivity contribution is 7.89. The zero-order chi connectivity index (χ0) is 15.8. The van der Waals surface area contributed by atoms with Crippen LogP contribution in [-0.2, 0) is 14.8 Å². The molecule has 2 rings (SSSR count). The van der Waals surface area contributed by atoms with E-state index in [1.54, 1.807) is 26.0 Å². The quantitative estimate of drug-likeness (QED) is 0.901. The van der Waals surface area contributed by atoms with Crippen LogP contribution in [0, 0.1) is 30.1 Å². The first kappa shape index (κ1) is 15.5. The Morgan fingerprint density at radius 3 is 2.62 bits per heavy atom. The fourth-order valence-corrected chi connectivity index (χ4v) is 4.07. The van der Waals surface area contributed by atoms with Crippen molar-refractivity contribution in [2.75, 3.05) is 13.1 Å². The first-order valence-corrected chi connectivity index (χ1v) is 7.95. The highest BCUT2D eigenvalue weighted by Crippen LogP contribution is 2.31. The monoisotopic (exact) mass is 308 g/mol. The van der Waals surface area contributed by atoms with Gasteiger partial charge in [0.2, 0.25) is 10.0 Å². The van der Waals surface area contributed by atoms with Crippen LogP contribution < -0.4 is 0 Å². The molecule has 6 nitrogen and oxygen atoms in total. The Morgan fingerprint density at radius 2 is 2.10 bits per heavy atom. The second-order valence-corrected chi connectivity index (χ2v) is 7.21. The van der Waals surface area contributed by atoms with E-state index in [2.05, 4.69) is 0 Å². The molecule has 0 aliphatic carbocycles. The minimum Gasteiger partial charge on any atom is -0.481 e. The molecule has 1 fully saturated rings. The van der Waals surface area contributed by atoms with Gasteiger partial charge in [-0.15, -0.1) is 0 Å². The third kappa shape index (κ3) is 2.77. The number of hydrogen-bond acceptors (Lipinski definition) is 4. The number of aryl methyl sites for hydroxylation is 1. The SMILES string of the molecule is Cc1ccc(C#N)cc1S(=O)(=O)N1CC(C(C)C(=O)O)C1. The van der Waals surface area contributed by atoms with Crippen molar-refractivity contribution in [3.8, 4) is 6.07 Å². The molecule has 1 unspecified atom stereocenters. The minimum atomic E-state index is -3.67. The second-order valence-electron chi connectivity index (χ2n) is 5.30. The lowest BCUT2D eigenvalue weighted by molar-refractivity contribution is -0.144. The van der Waals surface area contributed by atoms with Gasteiger partial charge in [0.15, 0.2) is 0 Å². The lowest BCUT2D eigenvalue weighted by atomic mass is 9.89. The first-order chi connectivity index (χ1) is 9.77. The van der Waals surface area contributed by atoms with E-state index in [1.165, 1.54) is 10.4 Å². The number of carboxylic acid groups (broad SMARTS) is 1. The van der Waals surface area contributed by atoms with Crippen molar-refractivity contribution < 1.29 is 18.3 Å². The van der Waals surface area contributed by atoms with Crippen LogP contribution in [0.25, 0.3) is 0 Å². The molecule has 1 aromatic carbocycles. The van der Waals surface area contributed by atoms with Crippen LogP contribution in [0.4, 0.5) is 0 Å². The van der Waals surface area contributed by atoms with Crippen LogP contribution in [0.1, 0.15) is 18.1 Å². The van der Waals surface area contributed by atoms with Crippen molar-refractivity contribution in [2.24, 2.45) is 11.8 Å². The van der Waals surface area contributed by atoms with Crippen molar-refractivity contribution in [1.29, 1.82) is 5.26 Å². The number of aliphatic carboxylic acids is 1. The molecule has 1 N–H and O–H groups in total. The molecule has 1 saturated heterocycles. The zero-order valence-corrected chi connectivity index (χ0v) is 12.6. The number of benzene rings is 1. The zero-order valence-electron chi connectivity index (χ0n) is 11.8. The third-order valence-electron chi connectivity index (χ3n) is 3.91. The number of carboxylic acids is 1. The van der Waals surface area contributed by atoms with Crippen LogP contribution >= 0.6 is 0 Å². The molecular formula is C14H16N2O4S. The Kier molecular flexibility index (Phi) is 4.03. The third-order valence-corrected chi connectivity index (χ3v) is 5.88. The lowest BCUT2D eigenvalue weighted by Crippen LogP contribution is -2.53. The van der Waals surface area contributed by atoms with E-state index in [1.807, 2.05) is 6.07 Å². The van der Waals surface area contributed by atoms with Gasteiger partial charge in [0.05, 0.1) is 22.4 Å². The summed E-state index contributed by atoms with van der Waals surface area (Å²) < 4.78 is 26.3. The number of nitrogens with zero attached hydrogens (tertiary/aromatic N) is 2. The maximum Gasteiger partial charge on any atom is 0.306 e. The highest BCUT2D eigenvalue weighted by atomic mass is 32.2. The average Bonchev–Trinajstić information content (AvgIpc) is 2.36. The second kappa shape index (κ2) is 5.47. The van der Waals surface area contributed by atoms with Gasteiger partial charge in [-0.25, -0.2) is 8.42 Å². The van der Waals surface area contributed by atoms with Crippen LogP contribution in [-0.4, -0.2) is 36.9 Å². The Hall–Kier alpha value is -1.91. The molecule has 0 spiro atoms. The first-order valence-electron chi connectivity index (χ1n) is 6.51. The molecule has 1 atom stereocenters. The summed E-state index contributed by atoms with van der Waals surface area (Å²) in [6.07, 6.45) is 0. The van der Waals surface area contributed by atoms with Gasteiger partial charge in [0, 0.05) is 13.1 Å². The summed E-state index contributed by atoms with van der Waals surface area (Å²) in [6.45, 7) is 3.65. The topological polar surface area (TPSA) is 98.5 Å². The molecule has 0 radical (unpaired) electrons. The summed E-state index contributed by atoms with van der Waals surface area (Å²) in [6, 6.07) is 6.45. The van der Waals surface area contributed by atoms with Crippen molar-refractivity contribution in [1.82, 2.24) is 4.31 Å². The number of sulfonamides is 1. The molecule has 1 aliphatic heterocycles. The van der Waals surface area contributed by atoms with Crippen LogP contribution in [0.2, 0.25) is 0 Å². The highest BCUT2D eigenvalue weighted by Gasteiger charge is 2.41. The van der Waals surface area contributed by atoms with Crippen LogP contribution in [0.15, 0.2) is 23.1 Å². The van der Waals surface area contributed by atoms with E-state index < -0.39 is 21.9 Å². The molecule has 1 aromatic rings. The van der Waals surface area contributed by atoms with Crippen molar-refractivity contribution in [3.63, 3.8) is 0 Å². The Morgan fingerprint density at radius 1 is 1.48 bits per heavy atom. The van der Waals surface area contributed by atoms with E-state index >= 15 is 0 Å². The van der Waals surface area contributed by atoms with E-state index in [-0.39, 0.29) is 29.5 Å². The van der Waals surface area contributed by atoms with Gasteiger partial charge < -0.3 is 5.11 Å². The number of rotatable bonds is 4. The molecule has 1 aliphatic rings. The number of hydrogen-bond donors (Lipinski definition) is 1. The van der Waals surface area contributed by atoms with Gasteiger partial charge in [0.1, 0.15) is 0 Å². The summed E-state index contributed by atoms with van der Waals surface area (Å²) in [4.78, 5) is 11.0. The standard InChI is InChI=1S/C14H16N2O4S/c1-9-3-4-11(6-15)5-13(9)21(19,20)16-7-12(8-16)10(2)14(17)18/h3-5,10,12H,7-8H2,1-2H3,(H,17,18). The summed E-state index contributed by atoms with van der Waals surface area (Å²) in [5.74, 6) is -1.65. The van der Waals surface area contributed by atoms with E-state index in [9.17, 15) is 13.2 Å². The maximum atomic E-state index is 12.5. The van der Waals surface area contributed by atoms with E-state index in [0.29, 0.717) is 5.56 Å². The maximum absolute atomic E-state index is 12.5. The van der Waals surface area contributed by atoms with Crippen molar-refractivity contribution >= 4 is 16.0 Å². The fourth-order valence-electron chi connectivity index (χ4n) is 2.27. The summed E-state index contributed by atoms with van der Waals surface area (Å²) in [5.41, 5.74) is 0.860. The predicted octanol–water partition coefficient (Wildman–Crippen LogP) is 1.21. The molecule has 0 saturated carbocycles. The van der Waals surface area contributed by atoms with Crippen molar-refractivity contribution in [3.05, 3.63) is 29.3 Å². The van der Waals surface area contributed by atoms with E-state index in [4.69, 9.17) is 10.4 Å².